The lowest BCUT2D eigenvalue weighted by atomic mass is 9.93. The molecule has 2 rings (SSSR count). The van der Waals surface area contributed by atoms with Gasteiger partial charge >= 0.3 is 5.97 Å². The Hall–Kier alpha value is -1.62. The summed E-state index contributed by atoms with van der Waals surface area (Å²) in [7, 11) is 0. The van der Waals surface area contributed by atoms with Crippen LogP contribution in [0.2, 0.25) is 0 Å². The van der Waals surface area contributed by atoms with E-state index in [1.807, 2.05) is 4.90 Å². The van der Waals surface area contributed by atoms with Gasteiger partial charge in [-0.2, -0.15) is 0 Å². The van der Waals surface area contributed by atoms with Gasteiger partial charge in [0.2, 0.25) is 0 Å². The Balaban J connectivity index is 2.07. The minimum Gasteiger partial charge on any atom is -0.478 e. The monoisotopic (exact) mass is 279 g/mol. The van der Waals surface area contributed by atoms with Gasteiger partial charge in [0, 0.05) is 24.0 Å². The fraction of sp³-hybridized carbons (Fsp3) is 0.429. The molecule has 1 N–H and O–H groups in total. The Labute approximate surface area is 116 Å². The summed E-state index contributed by atoms with van der Waals surface area (Å²) in [5.41, 5.74) is 0.193. The second-order valence-electron chi connectivity index (χ2n) is 5.51. The number of rotatable bonds is 3. The lowest BCUT2D eigenvalue weighted by molar-refractivity contribution is -0.131. The van der Waals surface area contributed by atoms with E-state index in [1.165, 1.54) is 17.4 Å². The van der Waals surface area contributed by atoms with Gasteiger partial charge in [-0.3, -0.25) is 4.79 Å². The van der Waals surface area contributed by atoms with Crippen LogP contribution in [-0.4, -0.2) is 35.0 Å². The van der Waals surface area contributed by atoms with Crippen LogP contribution >= 0.6 is 11.3 Å². The zero-order valence-electron chi connectivity index (χ0n) is 11.0. The van der Waals surface area contributed by atoms with Crippen LogP contribution in [0.15, 0.2) is 18.2 Å². The van der Waals surface area contributed by atoms with Crippen molar-refractivity contribution in [1.29, 1.82) is 0 Å². The van der Waals surface area contributed by atoms with Crippen molar-refractivity contribution in [2.45, 2.75) is 20.3 Å². The van der Waals surface area contributed by atoms with Gasteiger partial charge in [0.25, 0.3) is 5.91 Å². The van der Waals surface area contributed by atoms with Crippen LogP contribution in [0, 0.1) is 5.41 Å². The quantitative estimate of drug-likeness (QED) is 0.865. The standard InChI is InChI=1S/C14H17NO3S/c1-14(2)7-8-15(9-14)13(18)11-5-3-10(19-11)4-6-12(16)17/h3-6H,7-9H2,1-2H3,(H,16,17). The van der Waals surface area contributed by atoms with E-state index in [4.69, 9.17) is 5.11 Å². The average molecular weight is 279 g/mol. The molecule has 0 unspecified atom stereocenters. The van der Waals surface area contributed by atoms with Gasteiger partial charge in [0.15, 0.2) is 0 Å². The number of thiophene rings is 1. The predicted molar refractivity (Wildman–Crippen MR) is 75.3 cm³/mol. The molecular weight excluding hydrogens is 262 g/mol. The Bertz CT molecular complexity index is 531. The number of nitrogens with zero attached hydrogens (tertiary/aromatic N) is 1. The van der Waals surface area contributed by atoms with Gasteiger partial charge in [0.1, 0.15) is 0 Å². The van der Waals surface area contributed by atoms with Gasteiger partial charge in [-0.25, -0.2) is 4.79 Å². The summed E-state index contributed by atoms with van der Waals surface area (Å²) in [4.78, 5) is 26.0. The molecule has 4 nitrogen and oxygen atoms in total. The van der Waals surface area contributed by atoms with Gasteiger partial charge in [-0.05, 0) is 30.0 Å². The van der Waals surface area contributed by atoms with Crippen LogP contribution in [0.5, 0.6) is 0 Å². The molecular formula is C14H17NO3S. The smallest absolute Gasteiger partial charge is 0.328 e. The summed E-state index contributed by atoms with van der Waals surface area (Å²) in [6.45, 7) is 5.90. The fourth-order valence-electron chi connectivity index (χ4n) is 2.15. The lowest BCUT2D eigenvalue weighted by Crippen LogP contribution is -2.29. The second kappa shape index (κ2) is 5.17. The van der Waals surface area contributed by atoms with Gasteiger partial charge < -0.3 is 10.0 Å². The number of hydrogen-bond donors (Lipinski definition) is 1. The van der Waals surface area contributed by atoms with E-state index in [2.05, 4.69) is 13.8 Å². The lowest BCUT2D eigenvalue weighted by Gasteiger charge is -2.19. The number of amides is 1. The third-order valence-corrected chi connectivity index (χ3v) is 4.23. The molecule has 2 heterocycles. The maximum Gasteiger partial charge on any atom is 0.328 e. The zero-order chi connectivity index (χ0) is 14.0. The first-order chi connectivity index (χ1) is 8.87. The van der Waals surface area contributed by atoms with Crippen molar-refractivity contribution >= 4 is 29.3 Å². The highest BCUT2D eigenvalue weighted by Crippen LogP contribution is 2.30. The van der Waals surface area contributed by atoms with E-state index in [1.54, 1.807) is 12.1 Å². The zero-order valence-corrected chi connectivity index (χ0v) is 11.9. The van der Waals surface area contributed by atoms with E-state index >= 15 is 0 Å². The normalized spacial score (nSPS) is 18.1. The van der Waals surface area contributed by atoms with Crippen molar-refractivity contribution in [2.75, 3.05) is 13.1 Å². The van der Waals surface area contributed by atoms with E-state index in [0.29, 0.717) is 4.88 Å². The molecule has 1 amide bonds. The molecule has 1 aliphatic rings. The van der Waals surface area contributed by atoms with E-state index in [-0.39, 0.29) is 11.3 Å². The number of carboxylic acid groups (broad SMARTS) is 1. The Morgan fingerprint density at radius 2 is 2.16 bits per heavy atom. The molecule has 1 aliphatic heterocycles. The van der Waals surface area contributed by atoms with E-state index < -0.39 is 5.97 Å². The van der Waals surface area contributed by atoms with E-state index in [0.717, 1.165) is 30.5 Å². The molecule has 0 bridgehead atoms. The molecule has 0 spiro atoms. The first-order valence-corrected chi connectivity index (χ1v) is 6.99. The average Bonchev–Trinajstić information content (AvgIpc) is 2.92. The van der Waals surface area contributed by atoms with Crippen LogP contribution < -0.4 is 0 Å². The summed E-state index contributed by atoms with van der Waals surface area (Å²) >= 11 is 1.33. The molecule has 0 radical (unpaired) electrons. The van der Waals surface area contributed by atoms with Crippen molar-refractivity contribution in [2.24, 2.45) is 5.41 Å². The number of aliphatic carboxylic acids is 1. The van der Waals surface area contributed by atoms with Crippen molar-refractivity contribution < 1.29 is 14.7 Å². The van der Waals surface area contributed by atoms with Crippen molar-refractivity contribution in [1.82, 2.24) is 4.90 Å². The largest absolute Gasteiger partial charge is 0.478 e. The van der Waals surface area contributed by atoms with Gasteiger partial charge in [0.05, 0.1) is 4.88 Å². The number of carbonyl (C=O) groups excluding carboxylic acids is 1. The van der Waals surface area contributed by atoms with Gasteiger partial charge in [-0.1, -0.05) is 13.8 Å². The Kier molecular flexibility index (Phi) is 3.75. The molecule has 0 saturated carbocycles. The Morgan fingerprint density at radius 1 is 1.42 bits per heavy atom. The number of carboxylic acids is 1. The molecule has 5 heteroatoms. The number of hydrogen-bond acceptors (Lipinski definition) is 3. The second-order valence-corrected chi connectivity index (χ2v) is 6.63. The summed E-state index contributed by atoms with van der Waals surface area (Å²) in [6, 6.07) is 3.54. The Morgan fingerprint density at radius 3 is 2.74 bits per heavy atom. The predicted octanol–water partition coefficient (Wildman–Crippen LogP) is 2.72. The minimum absolute atomic E-state index is 0.0468. The van der Waals surface area contributed by atoms with Crippen LogP contribution in [0.1, 0.15) is 34.8 Å². The molecule has 0 aliphatic carbocycles. The molecule has 1 saturated heterocycles. The molecule has 19 heavy (non-hydrogen) atoms. The summed E-state index contributed by atoms with van der Waals surface area (Å²) in [5.74, 6) is -0.937. The van der Waals surface area contributed by atoms with Crippen molar-refractivity contribution in [3.63, 3.8) is 0 Å². The molecule has 102 valence electrons. The topological polar surface area (TPSA) is 57.6 Å². The van der Waals surface area contributed by atoms with Crippen molar-refractivity contribution in [3.05, 3.63) is 28.0 Å². The number of likely N-dealkylation sites (tertiary alicyclic amines) is 1. The highest BCUT2D eigenvalue weighted by molar-refractivity contribution is 7.14. The van der Waals surface area contributed by atoms with Crippen LogP contribution in [-0.2, 0) is 4.79 Å². The van der Waals surface area contributed by atoms with Crippen LogP contribution in [0.4, 0.5) is 0 Å². The van der Waals surface area contributed by atoms with Crippen molar-refractivity contribution in [3.8, 4) is 0 Å². The fourth-order valence-corrected chi connectivity index (χ4v) is 3.03. The third kappa shape index (κ3) is 3.44. The molecule has 1 aromatic heterocycles. The van der Waals surface area contributed by atoms with Crippen LogP contribution in [0.3, 0.4) is 0 Å². The summed E-state index contributed by atoms with van der Waals surface area (Å²) in [5, 5.41) is 8.56. The molecule has 0 atom stereocenters. The SMILES string of the molecule is CC1(C)CCN(C(=O)c2ccc(C=CC(=O)O)s2)C1. The highest BCUT2D eigenvalue weighted by Gasteiger charge is 2.32. The number of carbonyl (C=O) groups is 2. The highest BCUT2D eigenvalue weighted by atomic mass is 32.1. The first-order valence-electron chi connectivity index (χ1n) is 6.17. The molecule has 0 aromatic carbocycles. The maximum absolute atomic E-state index is 12.3. The first kappa shape index (κ1) is 13.8. The van der Waals surface area contributed by atoms with Gasteiger partial charge in [-0.15, -0.1) is 11.3 Å². The summed E-state index contributed by atoms with van der Waals surface area (Å²) in [6.07, 6.45) is 3.62. The molecule has 1 fully saturated rings. The van der Waals surface area contributed by atoms with Crippen LogP contribution in [0.25, 0.3) is 6.08 Å². The minimum atomic E-state index is -0.984. The third-order valence-electron chi connectivity index (χ3n) is 3.19. The summed E-state index contributed by atoms with van der Waals surface area (Å²) < 4.78 is 0. The van der Waals surface area contributed by atoms with E-state index in [9.17, 15) is 9.59 Å². The maximum atomic E-state index is 12.3. The molecule has 1 aromatic rings.